The van der Waals surface area contributed by atoms with E-state index in [1.807, 2.05) is 12.1 Å². The van der Waals surface area contributed by atoms with Crippen molar-refractivity contribution in [3.05, 3.63) is 24.2 Å². The molecule has 1 saturated heterocycles. The van der Waals surface area contributed by atoms with Gasteiger partial charge in [0.05, 0.1) is 12.8 Å². The number of rotatable bonds is 6. The highest BCUT2D eigenvalue weighted by molar-refractivity contribution is 5.76. The third kappa shape index (κ3) is 4.69. The highest BCUT2D eigenvalue weighted by Gasteiger charge is 2.20. The van der Waals surface area contributed by atoms with Crippen LogP contribution in [0.2, 0.25) is 0 Å². The zero-order chi connectivity index (χ0) is 13.5. The van der Waals surface area contributed by atoms with Crippen molar-refractivity contribution in [3.8, 4) is 0 Å². The van der Waals surface area contributed by atoms with Gasteiger partial charge < -0.3 is 14.8 Å². The molecule has 0 saturated carbocycles. The summed E-state index contributed by atoms with van der Waals surface area (Å²) in [6, 6.07) is 3.92. The lowest BCUT2D eigenvalue weighted by Gasteiger charge is -2.32. The number of carbonyl (C=O) groups excluding carboxylic acids is 1. The Hall–Kier alpha value is -1.33. The molecule has 1 aromatic rings. The first kappa shape index (κ1) is 14.1. The summed E-state index contributed by atoms with van der Waals surface area (Å²) in [6.45, 7) is 3.26. The maximum Gasteiger partial charge on any atom is 0.245 e. The van der Waals surface area contributed by atoms with Crippen LogP contribution in [0.25, 0.3) is 0 Å². The first-order valence-corrected chi connectivity index (χ1v) is 6.90. The molecule has 0 bridgehead atoms. The quantitative estimate of drug-likeness (QED) is 0.806. The van der Waals surface area contributed by atoms with Crippen LogP contribution in [0.4, 0.5) is 0 Å². The number of nitrogens with zero attached hydrogens (tertiary/aromatic N) is 1. The molecular formula is C14H22N2O3. The molecular weight excluding hydrogens is 244 g/mol. The van der Waals surface area contributed by atoms with E-state index in [1.165, 1.54) is 12.8 Å². The van der Waals surface area contributed by atoms with Gasteiger partial charge in [0, 0.05) is 13.1 Å². The fourth-order valence-corrected chi connectivity index (χ4v) is 2.63. The van der Waals surface area contributed by atoms with Crippen molar-refractivity contribution in [2.24, 2.45) is 5.92 Å². The number of aliphatic hydroxyl groups excluding tert-OH is 1. The standard InChI is InChI=1S/C14H22N2O3/c17-11-14(18)15-6-5-12-3-1-7-16(9-12)10-13-4-2-8-19-13/h2,4,8,12,17H,1,3,5-7,9-11H2,(H,15,18). The van der Waals surface area contributed by atoms with E-state index in [2.05, 4.69) is 10.2 Å². The molecule has 1 aromatic heterocycles. The van der Waals surface area contributed by atoms with Crippen LogP contribution < -0.4 is 5.32 Å². The zero-order valence-corrected chi connectivity index (χ0v) is 11.2. The van der Waals surface area contributed by atoms with Gasteiger partial charge >= 0.3 is 0 Å². The highest BCUT2D eigenvalue weighted by atomic mass is 16.3. The molecule has 0 aliphatic carbocycles. The minimum Gasteiger partial charge on any atom is -0.468 e. The van der Waals surface area contributed by atoms with Gasteiger partial charge in [-0.1, -0.05) is 0 Å². The van der Waals surface area contributed by atoms with Crippen molar-refractivity contribution < 1.29 is 14.3 Å². The maximum absolute atomic E-state index is 10.9. The SMILES string of the molecule is O=C(CO)NCCC1CCCN(Cc2ccco2)C1. The van der Waals surface area contributed by atoms with Crippen LogP contribution in [0.5, 0.6) is 0 Å². The third-order valence-electron chi connectivity index (χ3n) is 3.58. The smallest absolute Gasteiger partial charge is 0.245 e. The predicted molar refractivity (Wildman–Crippen MR) is 71.4 cm³/mol. The monoisotopic (exact) mass is 266 g/mol. The summed E-state index contributed by atoms with van der Waals surface area (Å²) in [4.78, 5) is 13.3. The lowest BCUT2D eigenvalue weighted by molar-refractivity contribution is -0.123. The summed E-state index contributed by atoms with van der Waals surface area (Å²) in [5, 5.41) is 11.3. The number of carbonyl (C=O) groups is 1. The van der Waals surface area contributed by atoms with Crippen LogP contribution in [-0.2, 0) is 11.3 Å². The van der Waals surface area contributed by atoms with Crippen molar-refractivity contribution in [2.75, 3.05) is 26.2 Å². The Morgan fingerprint density at radius 2 is 2.47 bits per heavy atom. The molecule has 5 heteroatoms. The van der Waals surface area contributed by atoms with Gasteiger partial charge in [-0.05, 0) is 43.9 Å². The zero-order valence-electron chi connectivity index (χ0n) is 11.2. The molecule has 19 heavy (non-hydrogen) atoms. The van der Waals surface area contributed by atoms with Gasteiger partial charge in [0.15, 0.2) is 0 Å². The molecule has 1 amide bonds. The molecule has 1 atom stereocenters. The molecule has 1 aliphatic heterocycles. The Labute approximate surface area is 113 Å². The van der Waals surface area contributed by atoms with Crippen molar-refractivity contribution >= 4 is 5.91 Å². The summed E-state index contributed by atoms with van der Waals surface area (Å²) in [5.74, 6) is 1.33. The minimum atomic E-state index is -0.421. The van der Waals surface area contributed by atoms with E-state index in [-0.39, 0.29) is 5.91 Å². The number of nitrogens with one attached hydrogen (secondary N) is 1. The number of hydrogen-bond acceptors (Lipinski definition) is 4. The Bertz CT molecular complexity index is 378. The Balaban J connectivity index is 1.69. The van der Waals surface area contributed by atoms with E-state index in [0.29, 0.717) is 12.5 Å². The predicted octanol–water partition coefficient (Wildman–Crippen LogP) is 0.990. The second-order valence-electron chi connectivity index (χ2n) is 5.12. The summed E-state index contributed by atoms with van der Waals surface area (Å²) >= 11 is 0. The number of furan rings is 1. The van der Waals surface area contributed by atoms with E-state index < -0.39 is 6.61 Å². The van der Waals surface area contributed by atoms with Gasteiger partial charge in [0.25, 0.3) is 0 Å². The van der Waals surface area contributed by atoms with E-state index in [1.54, 1.807) is 6.26 Å². The van der Waals surface area contributed by atoms with Crippen molar-refractivity contribution in [3.63, 3.8) is 0 Å². The van der Waals surface area contributed by atoms with Gasteiger partial charge in [-0.3, -0.25) is 9.69 Å². The second-order valence-corrected chi connectivity index (χ2v) is 5.12. The first-order chi connectivity index (χ1) is 9.28. The summed E-state index contributed by atoms with van der Waals surface area (Å²) in [6.07, 6.45) is 5.09. The Kier molecular flexibility index (Phi) is 5.42. The molecule has 2 heterocycles. The summed E-state index contributed by atoms with van der Waals surface area (Å²) in [7, 11) is 0. The normalized spacial score (nSPS) is 20.4. The molecule has 2 rings (SSSR count). The van der Waals surface area contributed by atoms with Crippen LogP contribution >= 0.6 is 0 Å². The van der Waals surface area contributed by atoms with E-state index in [9.17, 15) is 4.79 Å². The molecule has 5 nitrogen and oxygen atoms in total. The van der Waals surface area contributed by atoms with Gasteiger partial charge in [0.1, 0.15) is 12.4 Å². The lowest BCUT2D eigenvalue weighted by Crippen LogP contribution is -2.37. The van der Waals surface area contributed by atoms with Crippen LogP contribution in [0.3, 0.4) is 0 Å². The van der Waals surface area contributed by atoms with Gasteiger partial charge in [-0.25, -0.2) is 0 Å². The third-order valence-corrected chi connectivity index (χ3v) is 3.58. The Morgan fingerprint density at radius 3 is 3.21 bits per heavy atom. The van der Waals surface area contributed by atoms with E-state index >= 15 is 0 Å². The van der Waals surface area contributed by atoms with Crippen LogP contribution in [-0.4, -0.2) is 42.2 Å². The van der Waals surface area contributed by atoms with Gasteiger partial charge in [-0.2, -0.15) is 0 Å². The summed E-state index contributed by atoms with van der Waals surface area (Å²) in [5.41, 5.74) is 0. The van der Waals surface area contributed by atoms with Crippen LogP contribution in [0.1, 0.15) is 25.0 Å². The molecule has 1 aliphatic rings. The fraction of sp³-hybridized carbons (Fsp3) is 0.643. The average molecular weight is 266 g/mol. The summed E-state index contributed by atoms with van der Waals surface area (Å²) < 4.78 is 5.37. The molecule has 2 N–H and O–H groups in total. The average Bonchev–Trinajstić information content (AvgIpc) is 2.92. The number of hydrogen-bond donors (Lipinski definition) is 2. The van der Waals surface area contributed by atoms with E-state index in [0.717, 1.165) is 31.8 Å². The minimum absolute atomic E-state index is 0.289. The second kappa shape index (κ2) is 7.31. The maximum atomic E-state index is 10.9. The molecule has 0 spiro atoms. The van der Waals surface area contributed by atoms with E-state index in [4.69, 9.17) is 9.52 Å². The highest BCUT2D eigenvalue weighted by Crippen LogP contribution is 2.20. The molecule has 0 radical (unpaired) electrons. The van der Waals surface area contributed by atoms with Gasteiger partial charge in [-0.15, -0.1) is 0 Å². The number of amides is 1. The van der Waals surface area contributed by atoms with Crippen molar-refractivity contribution in [1.29, 1.82) is 0 Å². The Morgan fingerprint density at radius 1 is 1.58 bits per heavy atom. The molecule has 1 unspecified atom stereocenters. The largest absolute Gasteiger partial charge is 0.468 e. The van der Waals surface area contributed by atoms with Crippen LogP contribution in [0, 0.1) is 5.92 Å². The fourth-order valence-electron chi connectivity index (χ4n) is 2.63. The number of piperidine rings is 1. The number of aliphatic hydroxyl groups is 1. The number of likely N-dealkylation sites (tertiary alicyclic amines) is 1. The molecule has 0 aromatic carbocycles. The first-order valence-electron chi connectivity index (χ1n) is 6.90. The van der Waals surface area contributed by atoms with Crippen molar-refractivity contribution in [1.82, 2.24) is 10.2 Å². The van der Waals surface area contributed by atoms with Gasteiger partial charge in [0.2, 0.25) is 5.91 Å². The van der Waals surface area contributed by atoms with Crippen LogP contribution in [0.15, 0.2) is 22.8 Å². The lowest BCUT2D eigenvalue weighted by atomic mass is 9.94. The molecule has 106 valence electrons. The molecule has 1 fully saturated rings. The van der Waals surface area contributed by atoms with Crippen molar-refractivity contribution in [2.45, 2.75) is 25.8 Å². The topological polar surface area (TPSA) is 65.7 Å².